The second kappa shape index (κ2) is 9.35. The van der Waals surface area contributed by atoms with Crippen LogP contribution < -0.4 is 0 Å². The van der Waals surface area contributed by atoms with E-state index < -0.39 is 0 Å². The van der Waals surface area contributed by atoms with E-state index in [-0.39, 0.29) is 20.1 Å². The zero-order valence-corrected chi connectivity index (χ0v) is 23.7. The molecule has 183 valence electrons. The number of para-hydroxylation sites is 3. The third kappa shape index (κ3) is 3.63. The summed E-state index contributed by atoms with van der Waals surface area (Å²) in [5, 5.41) is 2.59. The summed E-state index contributed by atoms with van der Waals surface area (Å²) in [5.74, 6) is 1.69. The minimum absolute atomic E-state index is 0. The van der Waals surface area contributed by atoms with Crippen molar-refractivity contribution >= 4 is 32.8 Å². The average molecular weight is 649 g/mol. The molecule has 0 aliphatic rings. The van der Waals surface area contributed by atoms with Crippen LogP contribution in [0.2, 0.25) is 0 Å². The SMILES string of the molecule is CC(C)c1cc(C(C)C)c2c(c1-n1c(-c3[c-]cccc3)nc3ccccc31)c1ccccc1n2C.[Ir]. The van der Waals surface area contributed by atoms with Gasteiger partial charge in [-0.3, -0.25) is 4.98 Å². The van der Waals surface area contributed by atoms with Crippen LogP contribution in [0.1, 0.15) is 50.7 Å². The topological polar surface area (TPSA) is 22.8 Å². The maximum absolute atomic E-state index is 5.14. The normalized spacial score (nSPS) is 11.8. The molecule has 0 saturated carbocycles. The van der Waals surface area contributed by atoms with Crippen molar-refractivity contribution in [2.75, 3.05) is 0 Å². The first-order valence-corrected chi connectivity index (χ1v) is 12.5. The van der Waals surface area contributed by atoms with Crippen LogP contribution in [0.3, 0.4) is 0 Å². The monoisotopic (exact) mass is 649 g/mol. The number of rotatable bonds is 4. The van der Waals surface area contributed by atoms with Gasteiger partial charge >= 0.3 is 0 Å². The number of hydrogen-bond acceptors (Lipinski definition) is 1. The Morgan fingerprint density at radius 2 is 1.44 bits per heavy atom. The zero-order chi connectivity index (χ0) is 24.3. The fourth-order valence-corrected chi connectivity index (χ4v) is 5.51. The van der Waals surface area contributed by atoms with E-state index in [1.807, 2.05) is 12.1 Å². The third-order valence-corrected chi connectivity index (χ3v) is 7.18. The van der Waals surface area contributed by atoms with Crippen molar-refractivity contribution in [3.8, 4) is 17.1 Å². The van der Waals surface area contributed by atoms with E-state index in [9.17, 15) is 0 Å². The van der Waals surface area contributed by atoms with Crippen molar-refractivity contribution in [3.05, 3.63) is 96.1 Å². The molecule has 0 unspecified atom stereocenters. The Morgan fingerprint density at radius 3 is 2.14 bits per heavy atom. The molecule has 0 saturated heterocycles. The molecule has 0 amide bonds. The molecule has 1 radical (unpaired) electrons. The van der Waals surface area contributed by atoms with Crippen LogP contribution in [0, 0.1) is 6.07 Å². The van der Waals surface area contributed by atoms with Crippen molar-refractivity contribution < 1.29 is 20.1 Å². The first-order valence-electron chi connectivity index (χ1n) is 12.5. The second-order valence-corrected chi connectivity index (χ2v) is 10.0. The maximum atomic E-state index is 5.14. The summed E-state index contributed by atoms with van der Waals surface area (Å²) in [6.45, 7) is 9.20. The summed E-state index contributed by atoms with van der Waals surface area (Å²) in [6, 6.07) is 31.3. The number of hydrogen-bond donors (Lipinski definition) is 0. The minimum atomic E-state index is 0. The van der Waals surface area contributed by atoms with Gasteiger partial charge in [0.05, 0.1) is 28.1 Å². The molecule has 0 fully saturated rings. The number of aromatic nitrogens is 3. The molecular weight excluding hydrogens is 619 g/mol. The van der Waals surface area contributed by atoms with Gasteiger partial charge in [0.2, 0.25) is 0 Å². The Bertz CT molecular complexity index is 1700. The van der Waals surface area contributed by atoms with Gasteiger partial charge in [-0.1, -0.05) is 64.1 Å². The van der Waals surface area contributed by atoms with E-state index in [1.54, 1.807) is 0 Å². The average Bonchev–Trinajstić information content (AvgIpc) is 3.40. The molecule has 0 bridgehead atoms. The molecule has 0 atom stereocenters. The Kier molecular flexibility index (Phi) is 6.36. The Hall–Kier alpha value is -3.20. The predicted octanol–water partition coefficient (Wildman–Crippen LogP) is 8.38. The van der Waals surface area contributed by atoms with Gasteiger partial charge in [0.25, 0.3) is 0 Å². The van der Waals surface area contributed by atoms with Gasteiger partial charge in [-0.2, -0.15) is 0 Å². The number of imidazole rings is 1. The molecular formula is C32H30IrN3-. The van der Waals surface area contributed by atoms with Gasteiger partial charge in [-0.15, -0.1) is 35.9 Å². The Balaban J connectivity index is 0.00000267. The molecule has 0 N–H and O–H groups in total. The van der Waals surface area contributed by atoms with Crippen LogP contribution >= 0.6 is 0 Å². The van der Waals surface area contributed by atoms with Gasteiger partial charge in [0, 0.05) is 43.4 Å². The van der Waals surface area contributed by atoms with Gasteiger partial charge in [0.15, 0.2) is 0 Å². The van der Waals surface area contributed by atoms with Gasteiger partial charge < -0.3 is 9.13 Å². The predicted molar refractivity (Wildman–Crippen MR) is 148 cm³/mol. The molecule has 0 aliphatic heterocycles. The van der Waals surface area contributed by atoms with Crippen LogP contribution in [0.15, 0.2) is 78.9 Å². The van der Waals surface area contributed by atoms with E-state index in [1.165, 1.54) is 38.6 Å². The summed E-state index contributed by atoms with van der Waals surface area (Å²) >= 11 is 0. The van der Waals surface area contributed by atoms with Crippen molar-refractivity contribution in [2.45, 2.75) is 39.5 Å². The van der Waals surface area contributed by atoms with E-state index >= 15 is 0 Å². The molecule has 0 aliphatic carbocycles. The number of aryl methyl sites for hydroxylation is 1. The molecule has 0 spiro atoms. The van der Waals surface area contributed by atoms with Crippen molar-refractivity contribution in [1.82, 2.24) is 14.1 Å². The number of nitrogens with zero attached hydrogens (tertiary/aromatic N) is 3. The summed E-state index contributed by atoms with van der Waals surface area (Å²) < 4.78 is 4.76. The molecule has 3 nitrogen and oxygen atoms in total. The van der Waals surface area contributed by atoms with E-state index in [0.29, 0.717) is 11.8 Å². The Morgan fingerprint density at radius 1 is 0.778 bits per heavy atom. The minimum Gasteiger partial charge on any atom is -0.343 e. The standard InChI is InChI=1S/C32H30N3.Ir/c1-20(2)24-19-25(21(3)4)31(29-23-15-9-11-17-27(23)34(5)30(24)29)35-28-18-12-10-16-26(28)33-32(35)22-13-7-6-8-14-22;/h6-13,15-21H,1-5H3;/q-1;. The van der Waals surface area contributed by atoms with Gasteiger partial charge in [0.1, 0.15) is 0 Å². The zero-order valence-electron chi connectivity index (χ0n) is 21.3. The fraction of sp³-hybridized carbons (Fsp3) is 0.219. The molecule has 4 heteroatoms. The molecule has 6 aromatic rings. The molecule has 36 heavy (non-hydrogen) atoms. The van der Waals surface area contributed by atoms with E-state index in [4.69, 9.17) is 4.98 Å². The summed E-state index contributed by atoms with van der Waals surface area (Å²) in [6.07, 6.45) is 0. The largest absolute Gasteiger partial charge is 0.343 e. The number of benzene rings is 4. The second-order valence-electron chi connectivity index (χ2n) is 10.0. The quantitative estimate of drug-likeness (QED) is 0.176. The fourth-order valence-electron chi connectivity index (χ4n) is 5.51. The first kappa shape index (κ1) is 24.5. The Labute approximate surface area is 226 Å². The van der Waals surface area contributed by atoms with Crippen LogP contribution in [0.5, 0.6) is 0 Å². The smallest absolute Gasteiger partial charge is 0.0774 e. The van der Waals surface area contributed by atoms with Crippen molar-refractivity contribution in [3.63, 3.8) is 0 Å². The molecule has 2 aromatic heterocycles. The van der Waals surface area contributed by atoms with Crippen molar-refractivity contribution in [1.29, 1.82) is 0 Å². The maximum Gasteiger partial charge on any atom is 0.0774 e. The number of fused-ring (bicyclic) bond motifs is 4. The third-order valence-electron chi connectivity index (χ3n) is 7.18. The van der Waals surface area contributed by atoms with Crippen LogP contribution in [-0.4, -0.2) is 14.1 Å². The van der Waals surface area contributed by atoms with Crippen molar-refractivity contribution in [2.24, 2.45) is 7.05 Å². The van der Waals surface area contributed by atoms with Crippen LogP contribution in [-0.2, 0) is 27.2 Å². The summed E-state index contributed by atoms with van der Waals surface area (Å²) in [5.41, 5.74) is 9.65. The van der Waals surface area contributed by atoms with Crippen LogP contribution in [0.25, 0.3) is 49.9 Å². The van der Waals surface area contributed by atoms with E-state index in [2.05, 4.69) is 117 Å². The van der Waals surface area contributed by atoms with Crippen LogP contribution in [0.4, 0.5) is 0 Å². The van der Waals surface area contributed by atoms with Gasteiger partial charge in [-0.05, 0) is 41.2 Å². The summed E-state index contributed by atoms with van der Waals surface area (Å²) in [4.78, 5) is 5.14. The van der Waals surface area contributed by atoms with E-state index in [0.717, 1.165) is 22.4 Å². The first-order chi connectivity index (χ1) is 17.0. The molecule has 2 heterocycles. The van der Waals surface area contributed by atoms with Gasteiger partial charge in [-0.25, -0.2) is 0 Å². The molecule has 6 rings (SSSR count). The summed E-state index contributed by atoms with van der Waals surface area (Å²) in [7, 11) is 2.20. The molecule has 4 aromatic carbocycles.